The van der Waals surface area contributed by atoms with Crippen LogP contribution in [0.5, 0.6) is 0 Å². The van der Waals surface area contributed by atoms with E-state index >= 15 is 4.79 Å². The molecular formula is C35H50N2O5S. The van der Waals surface area contributed by atoms with Crippen molar-refractivity contribution in [1.82, 2.24) is 9.80 Å². The first kappa shape index (κ1) is 33.3. The number of aliphatic hydroxyl groups is 1. The van der Waals surface area contributed by atoms with Gasteiger partial charge in [-0.25, -0.2) is 0 Å². The summed E-state index contributed by atoms with van der Waals surface area (Å²) in [7, 11) is 0. The molecular weight excluding hydrogens is 560 g/mol. The third kappa shape index (κ3) is 6.19. The predicted octanol–water partition coefficient (Wildman–Crippen LogP) is 5.28. The van der Waals surface area contributed by atoms with Crippen LogP contribution >= 0.6 is 11.8 Å². The highest BCUT2D eigenvalue weighted by Crippen LogP contribution is 2.69. The average molecular weight is 611 g/mol. The normalized spacial score (nSPS) is 28.9. The first-order chi connectivity index (χ1) is 20.2. The van der Waals surface area contributed by atoms with Crippen LogP contribution in [0.1, 0.15) is 66.4 Å². The summed E-state index contributed by atoms with van der Waals surface area (Å²) in [6.07, 6.45) is 5.85. The van der Waals surface area contributed by atoms with Crippen LogP contribution in [0.25, 0.3) is 0 Å². The highest BCUT2D eigenvalue weighted by Gasteiger charge is 2.77. The first-order valence-corrected chi connectivity index (χ1v) is 16.5. The van der Waals surface area contributed by atoms with E-state index in [4.69, 9.17) is 4.74 Å². The van der Waals surface area contributed by atoms with Crippen LogP contribution in [0.2, 0.25) is 0 Å². The second kappa shape index (κ2) is 12.8. The fourth-order valence-electron chi connectivity index (χ4n) is 8.18. The van der Waals surface area contributed by atoms with E-state index in [1.807, 2.05) is 35.2 Å². The van der Waals surface area contributed by atoms with E-state index in [1.165, 1.54) is 0 Å². The van der Waals surface area contributed by atoms with Gasteiger partial charge in [-0.3, -0.25) is 14.4 Å². The van der Waals surface area contributed by atoms with E-state index in [0.717, 1.165) is 18.4 Å². The Morgan fingerprint density at radius 1 is 1.19 bits per heavy atom. The lowest BCUT2D eigenvalue weighted by molar-refractivity contribution is -0.155. The fourth-order valence-corrected chi connectivity index (χ4v) is 10.6. The quantitative estimate of drug-likeness (QED) is 0.186. The number of aliphatic hydroxyl groups excluding tert-OH is 1. The lowest BCUT2D eigenvalue weighted by atomic mass is 9.66. The van der Waals surface area contributed by atoms with Crippen LogP contribution < -0.4 is 0 Å². The minimum atomic E-state index is -0.832. The van der Waals surface area contributed by atoms with Crippen molar-refractivity contribution in [2.24, 2.45) is 23.2 Å². The molecule has 1 N–H and O–H groups in total. The van der Waals surface area contributed by atoms with Gasteiger partial charge in [0.25, 0.3) is 0 Å². The second-order valence-electron chi connectivity index (χ2n) is 14.4. The molecule has 3 aliphatic rings. The predicted molar refractivity (Wildman–Crippen MR) is 172 cm³/mol. The smallest absolute Gasteiger partial charge is 0.310 e. The number of esters is 1. The van der Waals surface area contributed by atoms with Gasteiger partial charge in [-0.1, -0.05) is 70.2 Å². The monoisotopic (exact) mass is 610 g/mol. The van der Waals surface area contributed by atoms with Gasteiger partial charge in [-0.2, -0.15) is 0 Å². The summed E-state index contributed by atoms with van der Waals surface area (Å²) in [5, 5.41) is 10.7. The van der Waals surface area contributed by atoms with E-state index in [9.17, 15) is 14.7 Å². The Hall–Kier alpha value is -2.58. The zero-order valence-corrected chi connectivity index (χ0v) is 27.6. The Morgan fingerprint density at radius 2 is 1.86 bits per heavy atom. The zero-order valence-electron chi connectivity index (χ0n) is 26.8. The van der Waals surface area contributed by atoms with Gasteiger partial charge in [0, 0.05) is 17.3 Å². The summed E-state index contributed by atoms with van der Waals surface area (Å²) in [6, 6.07) is 8.28. The van der Waals surface area contributed by atoms with E-state index < -0.39 is 34.2 Å². The van der Waals surface area contributed by atoms with Crippen molar-refractivity contribution in [2.45, 2.75) is 94.8 Å². The molecule has 3 fully saturated rings. The molecule has 0 radical (unpaired) electrons. The lowest BCUT2D eigenvalue weighted by Gasteiger charge is -2.47. The molecule has 2 amide bonds. The van der Waals surface area contributed by atoms with E-state index in [1.54, 1.807) is 28.8 Å². The molecule has 3 unspecified atom stereocenters. The van der Waals surface area contributed by atoms with E-state index in [0.29, 0.717) is 19.4 Å². The molecule has 4 rings (SSSR count). The van der Waals surface area contributed by atoms with Crippen molar-refractivity contribution in [3.63, 3.8) is 0 Å². The molecule has 2 bridgehead atoms. The Balaban J connectivity index is 1.83. The third-order valence-corrected chi connectivity index (χ3v) is 11.5. The van der Waals surface area contributed by atoms with Gasteiger partial charge in [0.2, 0.25) is 11.8 Å². The highest BCUT2D eigenvalue weighted by atomic mass is 32.2. The van der Waals surface area contributed by atoms with Crippen LogP contribution in [0.15, 0.2) is 55.6 Å². The van der Waals surface area contributed by atoms with Gasteiger partial charge in [-0.05, 0) is 56.4 Å². The molecule has 3 aliphatic heterocycles. The van der Waals surface area contributed by atoms with Crippen LogP contribution in [0.3, 0.4) is 0 Å². The number of thioether (sulfide) groups is 1. The molecule has 0 aliphatic carbocycles. The number of ether oxygens (including phenoxy) is 1. The number of rotatable bonds is 13. The molecule has 1 aromatic carbocycles. The van der Waals surface area contributed by atoms with Crippen LogP contribution in [-0.2, 0) is 25.5 Å². The summed E-state index contributed by atoms with van der Waals surface area (Å²) in [5.41, 5.74) is 0.385. The van der Waals surface area contributed by atoms with Crippen molar-refractivity contribution < 1.29 is 24.2 Å². The summed E-state index contributed by atoms with van der Waals surface area (Å²) < 4.78 is 4.86. The lowest BCUT2D eigenvalue weighted by Crippen LogP contribution is -2.63. The molecule has 3 saturated heterocycles. The number of likely N-dealkylation sites (tertiary alicyclic amines) is 1. The largest absolute Gasteiger partial charge is 0.465 e. The van der Waals surface area contributed by atoms with Crippen molar-refractivity contribution in [3.8, 4) is 0 Å². The van der Waals surface area contributed by atoms with Crippen molar-refractivity contribution >= 4 is 29.5 Å². The number of hydrogen-bond donors (Lipinski definition) is 1. The molecule has 43 heavy (non-hydrogen) atoms. The van der Waals surface area contributed by atoms with Crippen molar-refractivity contribution in [3.05, 3.63) is 61.2 Å². The minimum absolute atomic E-state index is 0.0139. The maximum absolute atomic E-state index is 15.1. The SMILES string of the molecule is C=CCCOC(=O)[C@@H]1[C@@H]2CC(C)C3(S2)C(C(=O)N(CC=C)C(C)(C)CC(C)(C)C)N([C@@H](CO)Cc2ccccc2)C(=O)[C@H]13. The molecule has 1 spiro atoms. The van der Waals surface area contributed by atoms with Gasteiger partial charge < -0.3 is 19.6 Å². The highest BCUT2D eigenvalue weighted by molar-refractivity contribution is 8.02. The Morgan fingerprint density at radius 3 is 2.44 bits per heavy atom. The topological polar surface area (TPSA) is 87.2 Å². The molecule has 7 atom stereocenters. The van der Waals surface area contributed by atoms with E-state index in [2.05, 4.69) is 54.7 Å². The Labute approximate surface area is 262 Å². The molecule has 1 aromatic rings. The molecule has 7 nitrogen and oxygen atoms in total. The van der Waals surface area contributed by atoms with E-state index in [-0.39, 0.29) is 47.6 Å². The van der Waals surface area contributed by atoms with Gasteiger partial charge in [0.15, 0.2) is 0 Å². The summed E-state index contributed by atoms with van der Waals surface area (Å²) in [6.45, 7) is 20.7. The maximum Gasteiger partial charge on any atom is 0.310 e. The standard InChI is InChI=1S/C35H50N2O5S/c1-9-11-18-42-32(41)27-26-19-23(3)35(43-26)28(27)30(39)37(25(21-38)20-24-15-13-12-14-16-24)29(35)31(40)36(17-10-2)34(7,8)22-33(4,5)6/h9-10,12-16,23,25-29,38H,1-2,11,17-22H2,3-8H3/t23?,25-,26+,27-,28+,29?,35?/m1/s1. The van der Waals surface area contributed by atoms with Gasteiger partial charge >= 0.3 is 5.97 Å². The Kier molecular flexibility index (Phi) is 9.92. The molecule has 0 saturated carbocycles. The van der Waals surface area contributed by atoms with Crippen molar-refractivity contribution in [2.75, 3.05) is 19.8 Å². The number of nitrogens with zero attached hydrogens (tertiary/aromatic N) is 2. The first-order valence-electron chi connectivity index (χ1n) is 15.6. The van der Waals surface area contributed by atoms with Crippen LogP contribution in [0.4, 0.5) is 0 Å². The molecule has 0 aromatic heterocycles. The minimum Gasteiger partial charge on any atom is -0.465 e. The van der Waals surface area contributed by atoms with Crippen LogP contribution in [-0.4, -0.2) is 80.1 Å². The number of amides is 2. The average Bonchev–Trinajstić information content (AvgIpc) is 3.53. The summed E-state index contributed by atoms with van der Waals surface area (Å²) >= 11 is 1.63. The third-order valence-electron chi connectivity index (χ3n) is 9.45. The number of carbonyl (C=O) groups is 3. The summed E-state index contributed by atoms with van der Waals surface area (Å²) in [5.74, 6) is -2.06. The molecule has 8 heteroatoms. The fraction of sp³-hybridized carbons (Fsp3) is 0.629. The number of hydrogen-bond acceptors (Lipinski definition) is 6. The number of carbonyl (C=O) groups excluding carboxylic acids is 3. The van der Waals surface area contributed by atoms with Crippen molar-refractivity contribution in [1.29, 1.82) is 0 Å². The number of fused-ring (bicyclic) bond motifs is 1. The summed E-state index contributed by atoms with van der Waals surface area (Å²) in [4.78, 5) is 46.9. The van der Waals surface area contributed by atoms with Gasteiger partial charge in [0.1, 0.15) is 6.04 Å². The maximum atomic E-state index is 15.1. The second-order valence-corrected chi connectivity index (χ2v) is 15.9. The van der Waals surface area contributed by atoms with Gasteiger partial charge in [-0.15, -0.1) is 24.9 Å². The zero-order chi connectivity index (χ0) is 31.7. The number of benzene rings is 1. The van der Waals surface area contributed by atoms with Crippen LogP contribution in [0, 0.1) is 23.2 Å². The Bertz CT molecular complexity index is 1210. The molecule has 3 heterocycles. The molecule has 236 valence electrons. The van der Waals surface area contributed by atoms with Gasteiger partial charge in [0.05, 0.1) is 35.8 Å².